The maximum atomic E-state index is 11.9. The zero-order chi connectivity index (χ0) is 10.8. The molecule has 2 rings (SSSR count). The number of oxazole rings is 1. The summed E-state index contributed by atoms with van der Waals surface area (Å²) >= 11 is 0. The topological polar surface area (TPSA) is 55.6 Å². The Labute approximate surface area is 88.0 Å². The van der Waals surface area contributed by atoms with Crippen LogP contribution in [0.5, 0.6) is 0 Å². The Hall–Kier alpha value is -1.36. The van der Waals surface area contributed by atoms with E-state index < -0.39 is 0 Å². The number of amides is 1. The molecular formula is C10H14N2O3. The van der Waals surface area contributed by atoms with Gasteiger partial charge in [-0.2, -0.15) is 0 Å². The first kappa shape index (κ1) is 10.2. The highest BCUT2D eigenvalue weighted by atomic mass is 16.5. The standard InChI is InChI=1S/C10H14N2O3/c1-7-4-12(5-8(2)15-7)10(13)9-3-11-6-14-9/h3,6-8H,4-5H2,1-2H3/t7-,8+. The Morgan fingerprint density at radius 1 is 1.47 bits per heavy atom. The molecule has 15 heavy (non-hydrogen) atoms. The highest BCUT2D eigenvalue weighted by Crippen LogP contribution is 2.13. The number of hydrogen-bond donors (Lipinski definition) is 0. The van der Waals surface area contributed by atoms with Crippen molar-refractivity contribution in [1.82, 2.24) is 9.88 Å². The van der Waals surface area contributed by atoms with Crippen molar-refractivity contribution in [2.75, 3.05) is 13.1 Å². The number of carbonyl (C=O) groups excluding carboxylic acids is 1. The van der Waals surface area contributed by atoms with Crippen LogP contribution in [0.15, 0.2) is 17.0 Å². The third kappa shape index (κ3) is 2.18. The summed E-state index contributed by atoms with van der Waals surface area (Å²) in [5.41, 5.74) is 0. The summed E-state index contributed by atoms with van der Waals surface area (Å²) in [4.78, 5) is 17.4. The second-order valence-corrected chi connectivity index (χ2v) is 3.83. The third-order valence-electron chi connectivity index (χ3n) is 2.35. The molecule has 1 aromatic heterocycles. The molecule has 0 aromatic carbocycles. The van der Waals surface area contributed by atoms with E-state index in [1.54, 1.807) is 4.90 Å². The average Bonchev–Trinajstić information content (AvgIpc) is 2.67. The Kier molecular flexibility index (Phi) is 2.73. The molecule has 1 saturated heterocycles. The van der Waals surface area contributed by atoms with Crippen LogP contribution in [0.1, 0.15) is 24.4 Å². The number of ether oxygens (including phenoxy) is 1. The van der Waals surface area contributed by atoms with Crippen LogP contribution in [-0.4, -0.2) is 41.1 Å². The summed E-state index contributed by atoms with van der Waals surface area (Å²) in [7, 11) is 0. The number of aromatic nitrogens is 1. The van der Waals surface area contributed by atoms with Crippen molar-refractivity contribution in [2.24, 2.45) is 0 Å². The van der Waals surface area contributed by atoms with Gasteiger partial charge in [-0.1, -0.05) is 0 Å². The van der Waals surface area contributed by atoms with Crippen LogP contribution in [0.4, 0.5) is 0 Å². The van der Waals surface area contributed by atoms with Crippen molar-refractivity contribution in [3.8, 4) is 0 Å². The second kappa shape index (κ2) is 4.02. The monoisotopic (exact) mass is 210 g/mol. The molecule has 1 amide bonds. The van der Waals surface area contributed by atoms with Gasteiger partial charge in [0.05, 0.1) is 18.4 Å². The van der Waals surface area contributed by atoms with Crippen molar-refractivity contribution < 1.29 is 13.9 Å². The quantitative estimate of drug-likeness (QED) is 0.691. The molecule has 1 aromatic rings. The van der Waals surface area contributed by atoms with E-state index in [9.17, 15) is 4.79 Å². The van der Waals surface area contributed by atoms with Crippen LogP contribution in [0.25, 0.3) is 0 Å². The minimum absolute atomic E-state index is 0.0700. The summed E-state index contributed by atoms with van der Waals surface area (Å²) in [5.74, 6) is 0.172. The summed E-state index contributed by atoms with van der Waals surface area (Å²) in [6, 6.07) is 0. The van der Waals surface area contributed by atoms with Crippen molar-refractivity contribution in [3.63, 3.8) is 0 Å². The van der Waals surface area contributed by atoms with E-state index in [4.69, 9.17) is 9.15 Å². The number of morpholine rings is 1. The molecule has 2 heterocycles. The lowest BCUT2D eigenvalue weighted by atomic mass is 10.2. The third-order valence-corrected chi connectivity index (χ3v) is 2.35. The number of carbonyl (C=O) groups is 1. The Balaban J connectivity index is 2.07. The Morgan fingerprint density at radius 2 is 2.13 bits per heavy atom. The van der Waals surface area contributed by atoms with E-state index in [1.807, 2.05) is 13.8 Å². The molecule has 0 radical (unpaired) electrons. The first-order valence-electron chi connectivity index (χ1n) is 5.00. The lowest BCUT2D eigenvalue weighted by molar-refractivity contribution is -0.0592. The fourth-order valence-corrected chi connectivity index (χ4v) is 1.82. The first-order chi connectivity index (χ1) is 7.16. The van der Waals surface area contributed by atoms with Gasteiger partial charge in [-0.05, 0) is 13.8 Å². The normalized spacial score (nSPS) is 26.7. The molecule has 0 spiro atoms. The maximum absolute atomic E-state index is 11.9. The van der Waals surface area contributed by atoms with Crippen molar-refractivity contribution in [3.05, 3.63) is 18.4 Å². The predicted octanol–water partition coefficient (Wildman–Crippen LogP) is 0.924. The number of hydrogen-bond acceptors (Lipinski definition) is 4. The Bertz CT molecular complexity index is 326. The van der Waals surface area contributed by atoms with E-state index in [0.717, 1.165) is 0 Å². The minimum atomic E-state index is -0.116. The van der Waals surface area contributed by atoms with Gasteiger partial charge in [0, 0.05) is 13.1 Å². The molecule has 5 nitrogen and oxygen atoms in total. The van der Waals surface area contributed by atoms with Crippen LogP contribution in [0, 0.1) is 0 Å². The fraction of sp³-hybridized carbons (Fsp3) is 0.600. The first-order valence-corrected chi connectivity index (χ1v) is 5.00. The molecule has 1 aliphatic heterocycles. The molecule has 0 bridgehead atoms. The van der Waals surface area contributed by atoms with Crippen molar-refractivity contribution >= 4 is 5.91 Å². The van der Waals surface area contributed by atoms with E-state index >= 15 is 0 Å². The predicted molar refractivity (Wildman–Crippen MR) is 52.4 cm³/mol. The summed E-state index contributed by atoms with van der Waals surface area (Å²) in [6.45, 7) is 5.11. The van der Waals surface area contributed by atoms with Gasteiger partial charge in [0.1, 0.15) is 0 Å². The molecule has 1 fully saturated rings. The van der Waals surface area contributed by atoms with Gasteiger partial charge >= 0.3 is 0 Å². The lowest BCUT2D eigenvalue weighted by Crippen LogP contribution is -2.48. The van der Waals surface area contributed by atoms with E-state index in [2.05, 4.69) is 4.98 Å². The van der Waals surface area contributed by atoms with E-state index in [0.29, 0.717) is 13.1 Å². The second-order valence-electron chi connectivity index (χ2n) is 3.83. The summed E-state index contributed by atoms with van der Waals surface area (Å²) in [6.07, 6.45) is 2.84. The highest BCUT2D eigenvalue weighted by Gasteiger charge is 2.27. The highest BCUT2D eigenvalue weighted by molar-refractivity contribution is 5.91. The smallest absolute Gasteiger partial charge is 0.291 e. The van der Waals surface area contributed by atoms with Gasteiger partial charge in [-0.25, -0.2) is 4.98 Å². The fourth-order valence-electron chi connectivity index (χ4n) is 1.82. The van der Waals surface area contributed by atoms with E-state index in [-0.39, 0.29) is 23.9 Å². The Morgan fingerprint density at radius 3 is 2.67 bits per heavy atom. The van der Waals surface area contributed by atoms with Gasteiger partial charge in [0.25, 0.3) is 5.91 Å². The van der Waals surface area contributed by atoms with Gasteiger partial charge < -0.3 is 14.1 Å². The van der Waals surface area contributed by atoms with Crippen LogP contribution in [-0.2, 0) is 4.74 Å². The molecule has 5 heteroatoms. The molecular weight excluding hydrogens is 196 g/mol. The molecule has 0 N–H and O–H groups in total. The molecule has 82 valence electrons. The summed E-state index contributed by atoms with van der Waals surface area (Å²) in [5, 5.41) is 0. The summed E-state index contributed by atoms with van der Waals surface area (Å²) < 4.78 is 10.5. The minimum Gasteiger partial charge on any atom is -0.438 e. The maximum Gasteiger partial charge on any atom is 0.291 e. The molecule has 1 aliphatic rings. The van der Waals surface area contributed by atoms with Crippen molar-refractivity contribution in [2.45, 2.75) is 26.1 Å². The van der Waals surface area contributed by atoms with Crippen LogP contribution < -0.4 is 0 Å². The number of rotatable bonds is 1. The largest absolute Gasteiger partial charge is 0.438 e. The lowest BCUT2D eigenvalue weighted by Gasteiger charge is -2.34. The molecule has 0 unspecified atom stereocenters. The zero-order valence-corrected chi connectivity index (χ0v) is 8.84. The van der Waals surface area contributed by atoms with Gasteiger partial charge in [0.15, 0.2) is 6.39 Å². The van der Waals surface area contributed by atoms with E-state index in [1.165, 1.54) is 12.6 Å². The van der Waals surface area contributed by atoms with Crippen LogP contribution >= 0.6 is 0 Å². The average molecular weight is 210 g/mol. The molecule has 0 aliphatic carbocycles. The van der Waals surface area contributed by atoms with Gasteiger partial charge in [-0.15, -0.1) is 0 Å². The number of nitrogens with zero attached hydrogens (tertiary/aromatic N) is 2. The molecule has 0 saturated carbocycles. The van der Waals surface area contributed by atoms with Crippen LogP contribution in [0.2, 0.25) is 0 Å². The zero-order valence-electron chi connectivity index (χ0n) is 8.84. The molecule has 2 atom stereocenters. The van der Waals surface area contributed by atoms with Crippen LogP contribution in [0.3, 0.4) is 0 Å². The van der Waals surface area contributed by atoms with Gasteiger partial charge in [0.2, 0.25) is 5.76 Å². The van der Waals surface area contributed by atoms with Gasteiger partial charge in [-0.3, -0.25) is 4.79 Å². The SMILES string of the molecule is C[C@@H]1CN(C(=O)c2cnco2)C[C@H](C)O1. The van der Waals surface area contributed by atoms with Crippen molar-refractivity contribution in [1.29, 1.82) is 0 Å².